The molecule has 0 amide bonds. The Bertz CT molecular complexity index is 585. The summed E-state index contributed by atoms with van der Waals surface area (Å²) in [4.78, 5) is 4.54. The molecule has 3 nitrogen and oxygen atoms in total. The summed E-state index contributed by atoms with van der Waals surface area (Å²) in [7, 11) is 0. The molecule has 0 N–H and O–H groups in total. The van der Waals surface area contributed by atoms with Crippen LogP contribution in [0.25, 0.3) is 5.70 Å². The normalized spacial score (nSPS) is 14.0. The van der Waals surface area contributed by atoms with Crippen molar-refractivity contribution in [3.8, 4) is 0 Å². The maximum absolute atomic E-state index is 4.54. The number of rotatable bonds is 2. The summed E-state index contributed by atoms with van der Waals surface area (Å²) < 4.78 is 0. The maximum Gasteiger partial charge on any atom is 0.398 e. The third kappa shape index (κ3) is 2.11. The van der Waals surface area contributed by atoms with E-state index in [1.165, 1.54) is 0 Å². The Morgan fingerprint density at radius 2 is 1.33 bits per heavy atom. The van der Waals surface area contributed by atoms with Gasteiger partial charge in [0.25, 0.3) is 0 Å². The van der Waals surface area contributed by atoms with Crippen LogP contribution in [0.4, 0.5) is 0 Å². The second-order valence-electron chi connectivity index (χ2n) is 3.90. The summed E-state index contributed by atoms with van der Waals surface area (Å²) >= 11 is 0. The molecule has 2 aromatic carbocycles. The van der Waals surface area contributed by atoms with Gasteiger partial charge in [0, 0.05) is 5.56 Å². The van der Waals surface area contributed by atoms with Crippen LogP contribution in [0, 0.1) is 0 Å². The van der Waals surface area contributed by atoms with Crippen LogP contribution in [0.2, 0.25) is 0 Å². The van der Waals surface area contributed by atoms with Gasteiger partial charge < -0.3 is 0 Å². The molecule has 0 spiro atoms. The quantitative estimate of drug-likeness (QED) is 0.764. The topological polar surface area (TPSA) is 38.8 Å². The Morgan fingerprint density at radius 3 is 2.00 bits per heavy atom. The average molecular weight is 233 g/mol. The lowest BCUT2D eigenvalue weighted by Crippen LogP contribution is -2.09. The summed E-state index contributed by atoms with van der Waals surface area (Å²) in [5.74, 6) is 0.650. The average Bonchev–Trinajstić information content (AvgIpc) is 2.49. The zero-order chi connectivity index (χ0) is 12.2. The number of azo groups is 1. The minimum atomic E-state index is 0.650. The number of nitrogens with zero attached hydrogens (tertiary/aromatic N) is 3. The highest BCUT2D eigenvalue weighted by Crippen LogP contribution is 2.18. The van der Waals surface area contributed by atoms with E-state index in [9.17, 15) is 0 Å². The van der Waals surface area contributed by atoms with Crippen LogP contribution in [0.1, 0.15) is 11.1 Å². The van der Waals surface area contributed by atoms with E-state index in [2.05, 4.69) is 15.2 Å². The van der Waals surface area contributed by atoms with E-state index in [0.29, 0.717) is 5.84 Å². The molecule has 0 unspecified atom stereocenters. The van der Waals surface area contributed by atoms with Crippen molar-refractivity contribution in [3.63, 3.8) is 0 Å². The standard InChI is InChI=1S/C15H11N3/c1-3-7-12(8-4-1)14-11-16-18-15(17-14)13-9-5-2-6-10-13/h1-11H/q+1. The van der Waals surface area contributed by atoms with Gasteiger partial charge in [0.1, 0.15) is 6.20 Å². The minimum Gasteiger partial charge on any atom is -0.0622 e. The summed E-state index contributed by atoms with van der Waals surface area (Å²) in [6.45, 7) is 0. The highest BCUT2D eigenvalue weighted by atomic mass is 15.2. The molecule has 0 saturated heterocycles. The fourth-order valence-corrected chi connectivity index (χ4v) is 1.76. The van der Waals surface area contributed by atoms with Crippen LogP contribution in [0.3, 0.4) is 0 Å². The van der Waals surface area contributed by atoms with Gasteiger partial charge in [-0.05, 0) is 22.2 Å². The van der Waals surface area contributed by atoms with E-state index < -0.39 is 0 Å². The first-order chi connectivity index (χ1) is 8.93. The van der Waals surface area contributed by atoms with Crippen molar-refractivity contribution >= 4 is 11.5 Å². The molecule has 1 aliphatic rings. The third-order valence-corrected chi connectivity index (χ3v) is 2.66. The van der Waals surface area contributed by atoms with Crippen LogP contribution in [0.5, 0.6) is 0 Å². The molecule has 1 aliphatic heterocycles. The van der Waals surface area contributed by atoms with Gasteiger partial charge in [-0.2, -0.15) is 0 Å². The van der Waals surface area contributed by atoms with Crippen LogP contribution in [-0.2, 0) is 0 Å². The van der Waals surface area contributed by atoms with Crippen molar-refractivity contribution in [2.75, 3.05) is 0 Å². The van der Waals surface area contributed by atoms with E-state index >= 15 is 0 Å². The molecule has 3 heteroatoms. The molecule has 0 aromatic heterocycles. The molecule has 1 radical (unpaired) electrons. The van der Waals surface area contributed by atoms with Crippen molar-refractivity contribution in [1.82, 2.24) is 5.11 Å². The smallest absolute Gasteiger partial charge is 0.0622 e. The van der Waals surface area contributed by atoms with E-state index in [0.717, 1.165) is 16.8 Å². The number of benzene rings is 2. The molecule has 18 heavy (non-hydrogen) atoms. The van der Waals surface area contributed by atoms with Gasteiger partial charge in [-0.1, -0.05) is 48.5 Å². The van der Waals surface area contributed by atoms with Gasteiger partial charge in [0.15, 0.2) is 0 Å². The molecular weight excluding hydrogens is 222 g/mol. The molecule has 0 atom stereocenters. The van der Waals surface area contributed by atoms with E-state index in [1.807, 2.05) is 60.7 Å². The van der Waals surface area contributed by atoms with Gasteiger partial charge in [0.05, 0.1) is 10.7 Å². The summed E-state index contributed by atoms with van der Waals surface area (Å²) in [6, 6.07) is 19.8. The Morgan fingerprint density at radius 1 is 0.722 bits per heavy atom. The molecular formula is C15H11N3+. The van der Waals surface area contributed by atoms with Gasteiger partial charge >= 0.3 is 5.84 Å². The van der Waals surface area contributed by atoms with E-state index in [1.54, 1.807) is 6.20 Å². The monoisotopic (exact) mass is 233 g/mol. The Labute approximate surface area is 105 Å². The molecule has 0 aliphatic carbocycles. The van der Waals surface area contributed by atoms with E-state index in [-0.39, 0.29) is 0 Å². The lowest BCUT2D eigenvalue weighted by atomic mass is 10.1. The molecule has 0 fully saturated rings. The molecule has 85 valence electrons. The van der Waals surface area contributed by atoms with Crippen molar-refractivity contribution in [2.24, 2.45) is 10.1 Å². The Hall–Kier alpha value is -2.55. The summed E-state index contributed by atoms with van der Waals surface area (Å²) in [6.07, 6.45) is 1.68. The lowest BCUT2D eigenvalue weighted by molar-refractivity contribution is 1.11. The fourth-order valence-electron chi connectivity index (χ4n) is 1.76. The molecule has 3 rings (SSSR count). The fraction of sp³-hybridized carbons (Fsp3) is 0. The van der Waals surface area contributed by atoms with Crippen LogP contribution < -0.4 is 5.11 Å². The van der Waals surface area contributed by atoms with Crippen LogP contribution in [0.15, 0.2) is 77.0 Å². The number of hydrogen-bond acceptors (Lipinski definition) is 3. The molecule has 0 bridgehead atoms. The first-order valence-electron chi connectivity index (χ1n) is 5.74. The summed E-state index contributed by atoms with van der Waals surface area (Å²) in [5.41, 5.74) is 2.86. The first-order valence-corrected chi connectivity index (χ1v) is 5.74. The number of amidine groups is 1. The predicted octanol–water partition coefficient (Wildman–Crippen LogP) is 3.23. The molecule has 2 aromatic rings. The zero-order valence-electron chi connectivity index (χ0n) is 9.69. The maximum atomic E-state index is 4.54. The van der Waals surface area contributed by atoms with Crippen molar-refractivity contribution in [2.45, 2.75) is 0 Å². The van der Waals surface area contributed by atoms with Gasteiger partial charge in [-0.15, -0.1) is 0 Å². The SMILES string of the molecule is C1=C(c2ccccc2)N=C(c2ccccc2)[N+]=N1. The number of aliphatic imine (C=N–C) groups is 1. The predicted molar refractivity (Wildman–Crippen MR) is 72.0 cm³/mol. The van der Waals surface area contributed by atoms with Crippen LogP contribution >= 0.6 is 0 Å². The highest BCUT2D eigenvalue weighted by molar-refractivity contribution is 6.01. The van der Waals surface area contributed by atoms with Gasteiger partial charge in [-0.25, -0.2) is 0 Å². The van der Waals surface area contributed by atoms with Crippen molar-refractivity contribution in [3.05, 3.63) is 78.0 Å². The lowest BCUT2D eigenvalue weighted by Gasteiger charge is -1.97. The number of hydrogen-bond donors (Lipinski definition) is 0. The van der Waals surface area contributed by atoms with Gasteiger partial charge in [-0.3, -0.25) is 0 Å². The summed E-state index contributed by atoms with van der Waals surface area (Å²) in [5, 5.41) is 8.10. The second kappa shape index (κ2) is 4.75. The van der Waals surface area contributed by atoms with Crippen LogP contribution in [-0.4, -0.2) is 5.84 Å². The van der Waals surface area contributed by atoms with Crippen molar-refractivity contribution in [1.29, 1.82) is 0 Å². The van der Waals surface area contributed by atoms with Crippen molar-refractivity contribution < 1.29 is 0 Å². The molecule has 0 saturated carbocycles. The highest BCUT2D eigenvalue weighted by Gasteiger charge is 2.20. The largest absolute Gasteiger partial charge is 0.398 e. The minimum absolute atomic E-state index is 0.650. The first kappa shape index (κ1) is 10.6. The van der Waals surface area contributed by atoms with Gasteiger partial charge in [0.2, 0.25) is 5.70 Å². The third-order valence-electron chi connectivity index (χ3n) is 2.66. The van der Waals surface area contributed by atoms with E-state index in [4.69, 9.17) is 0 Å². The molecule has 1 heterocycles. The Kier molecular flexibility index (Phi) is 2.80. The Balaban J connectivity index is 1.99. The zero-order valence-corrected chi connectivity index (χ0v) is 9.69. The second-order valence-corrected chi connectivity index (χ2v) is 3.90.